The van der Waals surface area contributed by atoms with Gasteiger partial charge in [-0.3, -0.25) is 4.68 Å². The van der Waals surface area contributed by atoms with Gasteiger partial charge in [-0.05, 0) is 28.1 Å². The van der Waals surface area contributed by atoms with E-state index in [0.29, 0.717) is 4.64 Å². The normalized spacial score (nSPS) is 10.8. The van der Waals surface area contributed by atoms with Crippen LogP contribution in [0.1, 0.15) is 0 Å². The Morgan fingerprint density at radius 3 is 2.89 bits per heavy atom. The van der Waals surface area contributed by atoms with E-state index in [1.807, 2.05) is 30.8 Å². The van der Waals surface area contributed by atoms with Crippen LogP contribution in [0.2, 0.25) is 0 Å². The zero-order chi connectivity index (χ0) is 13.4. The van der Waals surface area contributed by atoms with Crippen molar-refractivity contribution in [2.45, 2.75) is 0 Å². The van der Waals surface area contributed by atoms with Crippen LogP contribution in [0.4, 0.5) is 0 Å². The molecule has 0 amide bonds. The Balaban J connectivity index is 2.13. The van der Waals surface area contributed by atoms with Crippen molar-refractivity contribution >= 4 is 39.5 Å². The summed E-state index contributed by atoms with van der Waals surface area (Å²) in [6, 6.07) is 3.86. The van der Waals surface area contributed by atoms with Crippen LogP contribution in [-0.4, -0.2) is 19.7 Å². The molecule has 0 aliphatic carbocycles. The monoisotopic (exact) mass is 352 g/mol. The second kappa shape index (κ2) is 4.99. The fourth-order valence-electron chi connectivity index (χ4n) is 1.73. The summed E-state index contributed by atoms with van der Waals surface area (Å²) in [5.74, 6) is 0.780. The van der Waals surface area contributed by atoms with Crippen LogP contribution >= 0.6 is 39.5 Å². The van der Waals surface area contributed by atoms with E-state index < -0.39 is 0 Å². The maximum absolute atomic E-state index is 5.24. The summed E-state index contributed by atoms with van der Waals surface area (Å²) in [5, 5.41) is 6.19. The fraction of sp³-hybridized carbons (Fsp3) is 0.0833. The molecule has 3 aromatic rings. The third kappa shape index (κ3) is 2.68. The van der Waals surface area contributed by atoms with Gasteiger partial charge in [0.15, 0.2) is 0 Å². The van der Waals surface area contributed by atoms with Crippen LogP contribution in [0.5, 0.6) is 0 Å². The number of nitrogens with one attached hydrogen (secondary N) is 1. The number of aromatic nitrogens is 4. The molecule has 0 spiro atoms. The number of thiophene rings is 1. The van der Waals surface area contributed by atoms with Crippen LogP contribution in [0.25, 0.3) is 22.0 Å². The second-order valence-electron chi connectivity index (χ2n) is 4.01. The van der Waals surface area contributed by atoms with Gasteiger partial charge < -0.3 is 4.98 Å². The Morgan fingerprint density at radius 1 is 1.42 bits per heavy atom. The van der Waals surface area contributed by atoms with Crippen LogP contribution < -0.4 is 0 Å². The molecule has 0 aliphatic heterocycles. The van der Waals surface area contributed by atoms with Gasteiger partial charge >= 0.3 is 0 Å². The molecule has 1 N–H and O–H groups in total. The van der Waals surface area contributed by atoms with Gasteiger partial charge in [-0.1, -0.05) is 12.2 Å². The highest BCUT2D eigenvalue weighted by Crippen LogP contribution is 2.28. The minimum absolute atomic E-state index is 0.567. The first-order valence-electron chi connectivity index (χ1n) is 5.46. The lowest BCUT2D eigenvalue weighted by Crippen LogP contribution is -1.90. The van der Waals surface area contributed by atoms with Crippen molar-refractivity contribution in [2.75, 3.05) is 0 Å². The number of hydrogen-bond acceptors (Lipinski definition) is 4. The van der Waals surface area contributed by atoms with E-state index in [1.165, 1.54) is 0 Å². The Hall–Kier alpha value is -1.31. The third-order valence-corrected chi connectivity index (χ3v) is 4.47. The van der Waals surface area contributed by atoms with E-state index in [1.54, 1.807) is 22.2 Å². The van der Waals surface area contributed by atoms with E-state index in [9.17, 15) is 0 Å². The lowest BCUT2D eigenvalue weighted by molar-refractivity contribution is 0.768. The van der Waals surface area contributed by atoms with Crippen molar-refractivity contribution < 1.29 is 0 Å². The van der Waals surface area contributed by atoms with Gasteiger partial charge in [0.2, 0.25) is 0 Å². The van der Waals surface area contributed by atoms with Gasteiger partial charge in [0, 0.05) is 28.7 Å². The Bertz CT molecular complexity index is 725. The lowest BCUT2D eigenvalue weighted by atomic mass is 10.2. The second-order valence-corrected chi connectivity index (χ2v) is 6.26. The molecule has 19 heavy (non-hydrogen) atoms. The van der Waals surface area contributed by atoms with Gasteiger partial charge in [0.25, 0.3) is 0 Å². The largest absolute Gasteiger partial charge is 0.338 e. The first kappa shape index (κ1) is 12.7. The third-order valence-electron chi connectivity index (χ3n) is 2.56. The number of H-pyrrole nitrogens is 1. The smallest absolute Gasteiger partial charge is 0.149 e. The van der Waals surface area contributed by atoms with Crippen LogP contribution in [-0.2, 0) is 7.05 Å². The summed E-state index contributed by atoms with van der Waals surface area (Å²) in [6.45, 7) is 0. The summed E-state index contributed by atoms with van der Waals surface area (Å²) >= 11 is 10.3. The Kier molecular flexibility index (Phi) is 3.34. The average Bonchev–Trinajstić information content (AvgIpc) is 2.97. The molecule has 0 radical (unpaired) electrons. The number of nitrogens with zero attached hydrogens (tertiary/aromatic N) is 3. The Labute approximate surface area is 127 Å². The van der Waals surface area contributed by atoms with E-state index in [0.717, 1.165) is 26.4 Å². The van der Waals surface area contributed by atoms with Crippen LogP contribution in [0.3, 0.4) is 0 Å². The first-order chi connectivity index (χ1) is 9.11. The molecule has 0 atom stereocenters. The molecule has 0 saturated heterocycles. The van der Waals surface area contributed by atoms with Crippen LogP contribution in [0.15, 0.2) is 34.4 Å². The maximum atomic E-state index is 5.24. The number of hydrogen-bond donors (Lipinski definition) is 1. The highest BCUT2D eigenvalue weighted by atomic mass is 79.9. The quantitative estimate of drug-likeness (QED) is 0.708. The zero-order valence-corrected chi connectivity index (χ0v) is 13.1. The molecule has 3 rings (SSSR count). The maximum Gasteiger partial charge on any atom is 0.149 e. The molecule has 4 nitrogen and oxygen atoms in total. The van der Waals surface area contributed by atoms with E-state index in [2.05, 4.69) is 31.0 Å². The van der Waals surface area contributed by atoms with Crippen molar-refractivity contribution in [3.05, 3.63) is 39.0 Å². The Morgan fingerprint density at radius 2 is 2.26 bits per heavy atom. The van der Waals surface area contributed by atoms with Crippen LogP contribution in [0, 0.1) is 4.64 Å². The lowest BCUT2D eigenvalue weighted by Gasteiger charge is -2.02. The van der Waals surface area contributed by atoms with Gasteiger partial charge in [0.1, 0.15) is 10.5 Å². The molecule has 0 unspecified atom stereocenters. The highest BCUT2D eigenvalue weighted by molar-refractivity contribution is 9.10. The van der Waals surface area contributed by atoms with E-state index in [4.69, 9.17) is 12.2 Å². The number of rotatable bonds is 2. The number of aryl methyl sites for hydroxylation is 1. The molecule has 0 aromatic carbocycles. The molecular weight excluding hydrogens is 344 g/mol. The average molecular weight is 353 g/mol. The van der Waals surface area contributed by atoms with Crippen molar-refractivity contribution in [1.29, 1.82) is 0 Å². The predicted octanol–water partition coefficient (Wildman–Crippen LogP) is 4.03. The first-order valence-corrected chi connectivity index (χ1v) is 7.55. The van der Waals surface area contributed by atoms with Crippen molar-refractivity contribution in [3.8, 4) is 22.0 Å². The van der Waals surface area contributed by atoms with E-state index >= 15 is 0 Å². The topological polar surface area (TPSA) is 46.5 Å². The van der Waals surface area contributed by atoms with Crippen molar-refractivity contribution in [3.63, 3.8) is 0 Å². The molecule has 0 saturated carbocycles. The van der Waals surface area contributed by atoms with Gasteiger partial charge in [-0.2, -0.15) is 5.10 Å². The summed E-state index contributed by atoms with van der Waals surface area (Å²) in [6.07, 6.45) is 3.74. The molecule has 0 bridgehead atoms. The number of aromatic amines is 1. The molecular formula is C12H9BrN4S2. The highest BCUT2D eigenvalue weighted by Gasteiger charge is 2.07. The van der Waals surface area contributed by atoms with Gasteiger partial charge in [0.05, 0.1) is 16.8 Å². The SMILES string of the molecule is Cn1cc(-c2cc(=S)nc(-c3cc(Br)cs3)[nH]2)cn1. The molecule has 96 valence electrons. The van der Waals surface area contributed by atoms with Crippen molar-refractivity contribution in [1.82, 2.24) is 19.7 Å². The van der Waals surface area contributed by atoms with Gasteiger partial charge in [-0.25, -0.2) is 4.98 Å². The molecule has 3 aromatic heterocycles. The summed E-state index contributed by atoms with van der Waals surface area (Å²) < 4.78 is 3.37. The summed E-state index contributed by atoms with van der Waals surface area (Å²) in [7, 11) is 1.89. The predicted molar refractivity (Wildman–Crippen MR) is 82.6 cm³/mol. The molecule has 0 aliphatic rings. The number of halogens is 1. The zero-order valence-electron chi connectivity index (χ0n) is 9.92. The minimum atomic E-state index is 0.567. The minimum Gasteiger partial charge on any atom is -0.338 e. The molecule has 7 heteroatoms. The molecule has 3 heterocycles. The standard InChI is InChI=1S/C12H9BrN4S2/c1-17-5-7(4-14-17)9-3-11(18)16-12(15-9)10-2-8(13)6-19-10/h2-6H,1H3,(H,15,16,18). The van der Waals surface area contributed by atoms with Gasteiger partial charge in [-0.15, -0.1) is 11.3 Å². The van der Waals surface area contributed by atoms with E-state index in [-0.39, 0.29) is 0 Å². The van der Waals surface area contributed by atoms with Crippen molar-refractivity contribution in [2.24, 2.45) is 7.05 Å². The summed E-state index contributed by atoms with van der Waals surface area (Å²) in [4.78, 5) is 8.72. The molecule has 0 fully saturated rings. The fourth-order valence-corrected chi connectivity index (χ4v) is 3.31. The summed E-state index contributed by atoms with van der Waals surface area (Å²) in [5.41, 5.74) is 1.92.